The van der Waals surface area contributed by atoms with Gasteiger partial charge in [0.15, 0.2) is 0 Å². The van der Waals surface area contributed by atoms with Crippen LogP contribution in [0.1, 0.15) is 17.7 Å². The van der Waals surface area contributed by atoms with Gasteiger partial charge >= 0.3 is 0 Å². The first kappa shape index (κ1) is 8.48. The smallest absolute Gasteiger partial charge is 0.148 e. The van der Waals surface area contributed by atoms with Crippen molar-refractivity contribution in [3.63, 3.8) is 0 Å². The Morgan fingerprint density at radius 1 is 1.58 bits per heavy atom. The molecule has 1 aromatic rings. The van der Waals surface area contributed by atoms with Gasteiger partial charge in [-0.25, -0.2) is 4.39 Å². The lowest BCUT2D eigenvalue weighted by Crippen LogP contribution is -2.45. The van der Waals surface area contributed by atoms with E-state index in [9.17, 15) is 4.39 Å². The average molecular weight is 206 g/mol. The van der Waals surface area contributed by atoms with Gasteiger partial charge in [0.05, 0.1) is 4.34 Å². The molecule has 0 saturated heterocycles. The standard InChI is InChI=1S/C8H9ClFNS/c9-7-2-1-6(12-7)8(10)3-5(11)4-8/h1-2,5H,3-4,11H2. The van der Waals surface area contributed by atoms with Crippen LogP contribution in [-0.2, 0) is 5.67 Å². The zero-order chi connectivity index (χ0) is 8.77. The summed E-state index contributed by atoms with van der Waals surface area (Å²) < 4.78 is 14.4. The lowest BCUT2D eigenvalue weighted by molar-refractivity contribution is 0.0444. The molecule has 0 radical (unpaired) electrons. The van der Waals surface area contributed by atoms with E-state index in [4.69, 9.17) is 17.3 Å². The van der Waals surface area contributed by atoms with Gasteiger partial charge in [0.2, 0.25) is 0 Å². The SMILES string of the molecule is NC1CC(F)(c2ccc(Cl)s2)C1. The maximum atomic E-state index is 13.8. The number of hydrogen-bond acceptors (Lipinski definition) is 2. The molecule has 0 unspecified atom stereocenters. The summed E-state index contributed by atoms with van der Waals surface area (Å²) >= 11 is 7.01. The molecule has 1 nitrogen and oxygen atoms in total. The summed E-state index contributed by atoms with van der Waals surface area (Å²) in [5.74, 6) is 0. The van der Waals surface area contributed by atoms with E-state index in [1.807, 2.05) is 0 Å². The Labute approximate surface area is 79.3 Å². The maximum absolute atomic E-state index is 13.8. The highest BCUT2D eigenvalue weighted by atomic mass is 35.5. The molecule has 1 aliphatic rings. The number of halogens is 2. The molecule has 2 rings (SSSR count). The molecular weight excluding hydrogens is 197 g/mol. The largest absolute Gasteiger partial charge is 0.327 e. The predicted octanol–water partition coefficient (Wildman–Crippen LogP) is 2.69. The first-order valence-electron chi connectivity index (χ1n) is 3.80. The van der Waals surface area contributed by atoms with Crippen LogP contribution in [0.15, 0.2) is 12.1 Å². The van der Waals surface area contributed by atoms with Crippen molar-refractivity contribution in [2.45, 2.75) is 24.6 Å². The highest BCUT2D eigenvalue weighted by molar-refractivity contribution is 7.16. The summed E-state index contributed by atoms with van der Waals surface area (Å²) in [6.07, 6.45) is 0.869. The van der Waals surface area contributed by atoms with Crippen molar-refractivity contribution >= 4 is 22.9 Å². The van der Waals surface area contributed by atoms with Crippen LogP contribution in [0, 0.1) is 0 Å². The first-order valence-corrected chi connectivity index (χ1v) is 5.00. The van der Waals surface area contributed by atoms with Crippen LogP contribution >= 0.6 is 22.9 Å². The van der Waals surface area contributed by atoms with Crippen molar-refractivity contribution in [1.29, 1.82) is 0 Å². The Bertz CT molecular complexity index is 293. The van der Waals surface area contributed by atoms with Gasteiger partial charge in [-0.05, 0) is 12.1 Å². The van der Waals surface area contributed by atoms with Gasteiger partial charge in [-0.3, -0.25) is 0 Å². The third kappa shape index (κ3) is 1.26. The van der Waals surface area contributed by atoms with Crippen LogP contribution in [-0.4, -0.2) is 6.04 Å². The van der Waals surface area contributed by atoms with Gasteiger partial charge in [-0.15, -0.1) is 11.3 Å². The van der Waals surface area contributed by atoms with Crippen molar-refractivity contribution in [2.24, 2.45) is 5.73 Å². The zero-order valence-electron chi connectivity index (χ0n) is 6.39. The van der Waals surface area contributed by atoms with Gasteiger partial charge in [-0.2, -0.15) is 0 Å². The fourth-order valence-corrected chi connectivity index (χ4v) is 2.67. The van der Waals surface area contributed by atoms with E-state index < -0.39 is 5.67 Å². The highest BCUT2D eigenvalue weighted by Gasteiger charge is 2.45. The van der Waals surface area contributed by atoms with Gasteiger partial charge in [0, 0.05) is 23.8 Å². The molecule has 0 bridgehead atoms. The Kier molecular flexibility index (Phi) is 1.90. The summed E-state index contributed by atoms with van der Waals surface area (Å²) in [7, 11) is 0. The van der Waals surface area contributed by atoms with Crippen LogP contribution in [0.2, 0.25) is 4.34 Å². The summed E-state index contributed by atoms with van der Waals surface area (Å²) in [6, 6.07) is 3.50. The molecule has 66 valence electrons. The zero-order valence-corrected chi connectivity index (χ0v) is 7.96. The molecule has 0 aliphatic heterocycles. The minimum atomic E-state index is -1.18. The topological polar surface area (TPSA) is 26.0 Å². The highest BCUT2D eigenvalue weighted by Crippen LogP contribution is 2.47. The molecule has 1 aliphatic carbocycles. The lowest BCUT2D eigenvalue weighted by Gasteiger charge is -2.38. The first-order chi connectivity index (χ1) is 5.60. The summed E-state index contributed by atoms with van der Waals surface area (Å²) in [5.41, 5.74) is 4.35. The van der Waals surface area contributed by atoms with E-state index in [0.29, 0.717) is 22.1 Å². The van der Waals surface area contributed by atoms with Crippen molar-refractivity contribution in [1.82, 2.24) is 0 Å². The van der Waals surface area contributed by atoms with E-state index in [1.165, 1.54) is 11.3 Å². The molecular formula is C8H9ClFNS. The Balaban J connectivity index is 2.20. The minimum Gasteiger partial charge on any atom is -0.327 e. The molecule has 1 saturated carbocycles. The average Bonchev–Trinajstić information content (AvgIpc) is 2.33. The summed E-state index contributed by atoms with van der Waals surface area (Å²) in [5, 5.41) is 0. The molecule has 0 amide bonds. The van der Waals surface area contributed by atoms with Crippen LogP contribution in [0.25, 0.3) is 0 Å². The van der Waals surface area contributed by atoms with Crippen molar-refractivity contribution in [3.05, 3.63) is 21.3 Å². The van der Waals surface area contributed by atoms with Crippen molar-refractivity contribution in [3.8, 4) is 0 Å². The van der Waals surface area contributed by atoms with Crippen molar-refractivity contribution < 1.29 is 4.39 Å². The van der Waals surface area contributed by atoms with E-state index in [-0.39, 0.29) is 6.04 Å². The number of thiophene rings is 1. The van der Waals surface area contributed by atoms with Gasteiger partial charge < -0.3 is 5.73 Å². The normalized spacial score (nSPS) is 34.8. The van der Waals surface area contributed by atoms with E-state index >= 15 is 0 Å². The van der Waals surface area contributed by atoms with Crippen LogP contribution in [0.4, 0.5) is 4.39 Å². The molecule has 2 N–H and O–H groups in total. The third-order valence-electron chi connectivity index (χ3n) is 2.19. The Hall–Kier alpha value is -0.120. The molecule has 1 fully saturated rings. The molecule has 12 heavy (non-hydrogen) atoms. The molecule has 0 spiro atoms. The summed E-state index contributed by atoms with van der Waals surface area (Å²) in [6.45, 7) is 0. The second-order valence-corrected chi connectivity index (χ2v) is 4.95. The van der Waals surface area contributed by atoms with Gasteiger partial charge in [-0.1, -0.05) is 11.6 Å². The lowest BCUT2D eigenvalue weighted by atomic mass is 9.77. The third-order valence-corrected chi connectivity index (χ3v) is 3.60. The molecule has 4 heteroatoms. The Morgan fingerprint density at radius 3 is 2.67 bits per heavy atom. The quantitative estimate of drug-likeness (QED) is 0.750. The van der Waals surface area contributed by atoms with E-state index in [2.05, 4.69) is 0 Å². The molecule has 0 atom stereocenters. The fourth-order valence-electron chi connectivity index (χ4n) is 1.53. The second-order valence-electron chi connectivity index (χ2n) is 3.24. The van der Waals surface area contributed by atoms with Crippen molar-refractivity contribution in [2.75, 3.05) is 0 Å². The minimum absolute atomic E-state index is 0.0240. The van der Waals surface area contributed by atoms with Crippen LogP contribution < -0.4 is 5.73 Å². The van der Waals surface area contributed by atoms with E-state index in [0.717, 1.165) is 0 Å². The van der Waals surface area contributed by atoms with Crippen LogP contribution in [0.5, 0.6) is 0 Å². The van der Waals surface area contributed by atoms with E-state index in [1.54, 1.807) is 12.1 Å². The fraction of sp³-hybridized carbons (Fsp3) is 0.500. The number of hydrogen-bond donors (Lipinski definition) is 1. The number of rotatable bonds is 1. The number of nitrogens with two attached hydrogens (primary N) is 1. The Morgan fingerprint density at radius 2 is 2.25 bits per heavy atom. The molecule has 1 aromatic heterocycles. The summed E-state index contributed by atoms with van der Waals surface area (Å²) in [4.78, 5) is 0.717. The molecule has 0 aromatic carbocycles. The van der Waals surface area contributed by atoms with Crippen LogP contribution in [0.3, 0.4) is 0 Å². The van der Waals surface area contributed by atoms with Gasteiger partial charge in [0.25, 0.3) is 0 Å². The molecule has 1 heterocycles. The maximum Gasteiger partial charge on any atom is 0.148 e. The number of alkyl halides is 1. The predicted molar refractivity (Wildman–Crippen MR) is 49.3 cm³/mol. The second kappa shape index (κ2) is 2.69. The van der Waals surface area contributed by atoms with Gasteiger partial charge in [0.1, 0.15) is 5.67 Å². The monoisotopic (exact) mass is 205 g/mol.